The number of carbonyl (C=O) groups excluding carboxylic acids is 1. The highest BCUT2D eigenvalue weighted by Crippen LogP contribution is 2.20. The maximum absolute atomic E-state index is 12.7. The maximum atomic E-state index is 12.7. The molecule has 0 aromatic heterocycles. The van der Waals surface area contributed by atoms with Crippen molar-refractivity contribution in [3.8, 4) is 0 Å². The Bertz CT molecular complexity index is 673. The van der Waals surface area contributed by atoms with E-state index in [0.29, 0.717) is 0 Å². The van der Waals surface area contributed by atoms with Crippen LogP contribution in [-0.4, -0.2) is 12.3 Å². The summed E-state index contributed by atoms with van der Waals surface area (Å²) >= 11 is 0. The SMILES string of the molecule is Cc1ccc(C)c(C(=O)c2ccc3c(c2)CNCC3)c1. The summed E-state index contributed by atoms with van der Waals surface area (Å²) in [7, 11) is 0. The van der Waals surface area contributed by atoms with E-state index < -0.39 is 0 Å². The van der Waals surface area contributed by atoms with Crippen molar-refractivity contribution >= 4 is 5.78 Å². The van der Waals surface area contributed by atoms with Gasteiger partial charge >= 0.3 is 0 Å². The van der Waals surface area contributed by atoms with Gasteiger partial charge in [-0.2, -0.15) is 0 Å². The summed E-state index contributed by atoms with van der Waals surface area (Å²) in [5.74, 6) is 0.125. The summed E-state index contributed by atoms with van der Waals surface area (Å²) in [5.41, 5.74) is 6.39. The van der Waals surface area contributed by atoms with Crippen LogP contribution in [0, 0.1) is 13.8 Å². The van der Waals surface area contributed by atoms with Gasteiger partial charge in [0.1, 0.15) is 0 Å². The number of ketones is 1. The van der Waals surface area contributed by atoms with Crippen molar-refractivity contribution < 1.29 is 4.79 Å². The van der Waals surface area contributed by atoms with Gasteiger partial charge in [0.15, 0.2) is 5.78 Å². The molecule has 0 saturated heterocycles. The molecule has 0 saturated carbocycles. The van der Waals surface area contributed by atoms with Crippen LogP contribution in [0.1, 0.15) is 38.2 Å². The maximum Gasteiger partial charge on any atom is 0.193 e. The van der Waals surface area contributed by atoms with Gasteiger partial charge in [-0.05, 0) is 55.6 Å². The van der Waals surface area contributed by atoms with E-state index in [1.807, 2.05) is 44.2 Å². The average Bonchev–Trinajstić information content (AvgIpc) is 2.48. The first kappa shape index (κ1) is 13.1. The number of fused-ring (bicyclic) bond motifs is 1. The van der Waals surface area contributed by atoms with E-state index in [0.717, 1.165) is 41.8 Å². The molecule has 0 amide bonds. The molecular formula is C18H19NO. The van der Waals surface area contributed by atoms with Crippen LogP contribution in [0.4, 0.5) is 0 Å². The Morgan fingerprint density at radius 3 is 2.75 bits per heavy atom. The lowest BCUT2D eigenvalue weighted by molar-refractivity contribution is 0.103. The Kier molecular flexibility index (Phi) is 3.41. The van der Waals surface area contributed by atoms with E-state index in [1.54, 1.807) is 0 Å². The molecule has 1 heterocycles. The van der Waals surface area contributed by atoms with E-state index in [1.165, 1.54) is 11.1 Å². The number of hydrogen-bond donors (Lipinski definition) is 1. The third-order valence-corrected chi connectivity index (χ3v) is 3.99. The molecule has 2 aromatic rings. The Morgan fingerprint density at radius 2 is 1.90 bits per heavy atom. The van der Waals surface area contributed by atoms with Crippen LogP contribution in [0.2, 0.25) is 0 Å². The Balaban J connectivity index is 2.00. The molecule has 1 N–H and O–H groups in total. The quantitative estimate of drug-likeness (QED) is 0.845. The van der Waals surface area contributed by atoms with Gasteiger partial charge in [0.05, 0.1) is 0 Å². The molecule has 20 heavy (non-hydrogen) atoms. The van der Waals surface area contributed by atoms with Crippen molar-refractivity contribution in [3.63, 3.8) is 0 Å². The Morgan fingerprint density at radius 1 is 1.05 bits per heavy atom. The smallest absolute Gasteiger partial charge is 0.193 e. The van der Waals surface area contributed by atoms with E-state index >= 15 is 0 Å². The van der Waals surface area contributed by atoms with Gasteiger partial charge < -0.3 is 5.32 Å². The molecule has 102 valence electrons. The second-order valence-electron chi connectivity index (χ2n) is 5.56. The first-order valence-electron chi connectivity index (χ1n) is 7.09. The number of aryl methyl sites for hydroxylation is 2. The number of hydrogen-bond acceptors (Lipinski definition) is 2. The molecule has 0 spiro atoms. The molecule has 2 heteroatoms. The average molecular weight is 265 g/mol. The third-order valence-electron chi connectivity index (χ3n) is 3.99. The van der Waals surface area contributed by atoms with E-state index in [9.17, 15) is 4.79 Å². The molecule has 3 rings (SSSR count). The topological polar surface area (TPSA) is 29.1 Å². The molecule has 0 atom stereocenters. The van der Waals surface area contributed by atoms with Crippen LogP contribution in [0.15, 0.2) is 36.4 Å². The van der Waals surface area contributed by atoms with Crippen LogP contribution >= 0.6 is 0 Å². The Hall–Kier alpha value is -1.93. The fourth-order valence-corrected chi connectivity index (χ4v) is 2.76. The van der Waals surface area contributed by atoms with E-state index in [-0.39, 0.29) is 5.78 Å². The summed E-state index contributed by atoms with van der Waals surface area (Å²) in [5, 5.41) is 3.36. The van der Waals surface area contributed by atoms with Gasteiger partial charge in [-0.25, -0.2) is 0 Å². The molecule has 1 aliphatic heterocycles. The summed E-state index contributed by atoms with van der Waals surface area (Å²) in [6.07, 6.45) is 1.05. The van der Waals surface area contributed by atoms with Gasteiger partial charge in [0.25, 0.3) is 0 Å². The summed E-state index contributed by atoms with van der Waals surface area (Å²) in [6.45, 7) is 5.90. The number of carbonyl (C=O) groups is 1. The molecule has 0 radical (unpaired) electrons. The van der Waals surface area contributed by atoms with Crippen molar-refractivity contribution in [2.75, 3.05) is 6.54 Å². The van der Waals surface area contributed by atoms with Crippen LogP contribution in [-0.2, 0) is 13.0 Å². The molecule has 0 unspecified atom stereocenters. The monoisotopic (exact) mass is 265 g/mol. The predicted molar refractivity (Wildman–Crippen MR) is 81.2 cm³/mol. The molecule has 2 aromatic carbocycles. The summed E-state index contributed by atoms with van der Waals surface area (Å²) < 4.78 is 0. The second kappa shape index (κ2) is 5.22. The zero-order valence-electron chi connectivity index (χ0n) is 12.0. The predicted octanol–water partition coefficient (Wildman–Crippen LogP) is 3.18. The van der Waals surface area contributed by atoms with Crippen molar-refractivity contribution in [2.24, 2.45) is 0 Å². The summed E-state index contributed by atoms with van der Waals surface area (Å²) in [4.78, 5) is 12.7. The van der Waals surface area contributed by atoms with E-state index in [4.69, 9.17) is 0 Å². The van der Waals surface area contributed by atoms with Crippen molar-refractivity contribution in [1.29, 1.82) is 0 Å². The van der Waals surface area contributed by atoms with E-state index in [2.05, 4.69) is 11.4 Å². The Labute approximate surface area is 119 Å². The second-order valence-corrected chi connectivity index (χ2v) is 5.56. The highest BCUT2D eigenvalue weighted by atomic mass is 16.1. The van der Waals surface area contributed by atoms with Gasteiger partial charge in [0.2, 0.25) is 0 Å². The van der Waals surface area contributed by atoms with Crippen LogP contribution < -0.4 is 5.32 Å². The minimum atomic E-state index is 0.125. The van der Waals surface area contributed by atoms with Crippen LogP contribution in [0.25, 0.3) is 0 Å². The standard InChI is InChI=1S/C18H19NO/c1-12-3-4-13(2)17(9-12)18(20)15-6-5-14-7-8-19-11-16(14)10-15/h3-6,9-10,19H,7-8,11H2,1-2H3. The molecular weight excluding hydrogens is 246 g/mol. The number of rotatable bonds is 2. The third kappa shape index (κ3) is 2.39. The molecule has 0 aliphatic carbocycles. The first-order chi connectivity index (χ1) is 9.65. The van der Waals surface area contributed by atoms with Crippen LogP contribution in [0.5, 0.6) is 0 Å². The fourth-order valence-electron chi connectivity index (χ4n) is 2.76. The molecule has 0 bridgehead atoms. The fraction of sp³-hybridized carbons (Fsp3) is 0.278. The van der Waals surface area contributed by atoms with Crippen molar-refractivity contribution in [2.45, 2.75) is 26.8 Å². The minimum absolute atomic E-state index is 0.125. The first-order valence-corrected chi connectivity index (χ1v) is 7.09. The lowest BCUT2D eigenvalue weighted by atomic mass is 9.93. The number of nitrogens with one attached hydrogen (secondary N) is 1. The summed E-state index contributed by atoms with van der Waals surface area (Å²) in [6, 6.07) is 12.2. The van der Waals surface area contributed by atoms with Crippen molar-refractivity contribution in [1.82, 2.24) is 5.32 Å². The highest BCUT2D eigenvalue weighted by Gasteiger charge is 2.15. The molecule has 0 fully saturated rings. The van der Waals surface area contributed by atoms with Crippen molar-refractivity contribution in [3.05, 3.63) is 69.8 Å². The highest BCUT2D eigenvalue weighted by molar-refractivity contribution is 6.10. The molecule has 2 nitrogen and oxygen atoms in total. The minimum Gasteiger partial charge on any atom is -0.312 e. The van der Waals surface area contributed by atoms with Crippen LogP contribution in [0.3, 0.4) is 0 Å². The largest absolute Gasteiger partial charge is 0.312 e. The normalized spacial score (nSPS) is 13.9. The van der Waals surface area contributed by atoms with Gasteiger partial charge in [-0.15, -0.1) is 0 Å². The van der Waals surface area contributed by atoms with Gasteiger partial charge in [-0.1, -0.05) is 29.8 Å². The van der Waals surface area contributed by atoms with Gasteiger partial charge in [-0.3, -0.25) is 4.79 Å². The number of benzene rings is 2. The lowest BCUT2D eigenvalue weighted by Crippen LogP contribution is -2.23. The lowest BCUT2D eigenvalue weighted by Gasteiger charge is -2.17. The zero-order valence-corrected chi connectivity index (χ0v) is 12.0. The van der Waals surface area contributed by atoms with Gasteiger partial charge in [0, 0.05) is 17.7 Å². The zero-order chi connectivity index (χ0) is 14.1. The molecule has 1 aliphatic rings.